The summed E-state index contributed by atoms with van der Waals surface area (Å²) in [5, 5.41) is 10.1. The molecule has 0 aliphatic heterocycles. The molecule has 0 spiro atoms. The zero-order valence-electron chi connectivity index (χ0n) is 14.7. The summed E-state index contributed by atoms with van der Waals surface area (Å²) in [5.74, 6) is -0.498. The van der Waals surface area contributed by atoms with Gasteiger partial charge in [-0.2, -0.15) is 0 Å². The Morgan fingerprint density at radius 3 is 1.96 bits per heavy atom. The summed E-state index contributed by atoms with van der Waals surface area (Å²) in [6, 6.07) is 15.8. The Bertz CT molecular complexity index is 1210. The highest BCUT2D eigenvalue weighted by molar-refractivity contribution is 7.92. The largest absolute Gasteiger partial charge is 0.507 e. The fraction of sp³-hybridized carbons (Fsp3) is 0.100. The molecule has 0 atom stereocenters. The summed E-state index contributed by atoms with van der Waals surface area (Å²) in [4.78, 5) is -0.565. The van der Waals surface area contributed by atoms with Crippen LogP contribution < -0.4 is 0 Å². The Hall–Kier alpha value is -2.64. The second kappa shape index (κ2) is 6.83. The number of hydrogen-bond donors (Lipinski definition) is 1. The molecule has 0 amide bonds. The minimum atomic E-state index is -4.10. The van der Waals surface area contributed by atoms with E-state index in [0.29, 0.717) is 5.56 Å². The van der Waals surface area contributed by atoms with E-state index < -0.39 is 30.3 Å². The van der Waals surface area contributed by atoms with Crippen molar-refractivity contribution >= 4 is 19.7 Å². The molecule has 3 aromatic rings. The van der Waals surface area contributed by atoms with Crippen LogP contribution >= 0.6 is 0 Å². The first-order valence-corrected chi connectivity index (χ1v) is 11.1. The molecule has 0 heterocycles. The minimum Gasteiger partial charge on any atom is -0.507 e. The van der Waals surface area contributed by atoms with Crippen LogP contribution in [0.25, 0.3) is 0 Å². The average Bonchev–Trinajstić information content (AvgIpc) is 2.62. The molecule has 0 bridgehead atoms. The summed E-state index contributed by atoms with van der Waals surface area (Å²) in [5.41, 5.74) is 1.42. The standard InChI is InChI=1S/C20H18O5S2/c1-14-8-11-19(15(2)12-14)27(24,25)20-13-17(9-10-18(20)21)26(22,23)16-6-4-3-5-7-16/h3-13,21H,1-2H3. The van der Waals surface area contributed by atoms with Crippen LogP contribution in [0, 0.1) is 13.8 Å². The van der Waals surface area contributed by atoms with Crippen LogP contribution in [0.15, 0.2) is 86.3 Å². The van der Waals surface area contributed by atoms with E-state index in [1.165, 1.54) is 24.3 Å². The summed E-state index contributed by atoms with van der Waals surface area (Å²) in [6.45, 7) is 3.50. The number of phenols is 1. The first-order chi connectivity index (χ1) is 12.6. The number of hydrogen-bond acceptors (Lipinski definition) is 5. The lowest BCUT2D eigenvalue weighted by atomic mass is 10.2. The fourth-order valence-corrected chi connectivity index (χ4v) is 5.81. The van der Waals surface area contributed by atoms with Gasteiger partial charge in [0.05, 0.1) is 14.7 Å². The van der Waals surface area contributed by atoms with Crippen LogP contribution in [0.1, 0.15) is 11.1 Å². The predicted molar refractivity (Wildman–Crippen MR) is 101 cm³/mol. The predicted octanol–water partition coefficient (Wildman–Crippen LogP) is 3.67. The van der Waals surface area contributed by atoms with Gasteiger partial charge in [0.2, 0.25) is 19.7 Å². The molecule has 0 aromatic heterocycles. The first-order valence-electron chi connectivity index (χ1n) is 8.09. The van der Waals surface area contributed by atoms with Crippen molar-refractivity contribution in [3.05, 3.63) is 77.9 Å². The highest BCUT2D eigenvalue weighted by Gasteiger charge is 2.27. The quantitative estimate of drug-likeness (QED) is 0.719. The maximum Gasteiger partial charge on any atom is 0.210 e. The van der Waals surface area contributed by atoms with Crippen LogP contribution in [0.5, 0.6) is 5.75 Å². The van der Waals surface area contributed by atoms with Crippen LogP contribution in [0.4, 0.5) is 0 Å². The second-order valence-electron chi connectivity index (χ2n) is 6.22. The van der Waals surface area contributed by atoms with Gasteiger partial charge < -0.3 is 5.11 Å². The van der Waals surface area contributed by atoms with Gasteiger partial charge in [0.1, 0.15) is 10.6 Å². The third-order valence-corrected chi connectivity index (χ3v) is 7.91. The van der Waals surface area contributed by atoms with Gasteiger partial charge in [-0.05, 0) is 55.8 Å². The Kier molecular flexibility index (Phi) is 4.84. The molecule has 0 saturated carbocycles. The van der Waals surface area contributed by atoms with Crippen LogP contribution in [0.2, 0.25) is 0 Å². The molecule has 0 aliphatic rings. The Morgan fingerprint density at radius 1 is 0.667 bits per heavy atom. The molecule has 0 saturated heterocycles. The lowest BCUT2D eigenvalue weighted by Crippen LogP contribution is -2.08. The maximum atomic E-state index is 13.0. The van der Waals surface area contributed by atoms with Crippen LogP contribution in [-0.2, 0) is 19.7 Å². The molecule has 3 aromatic carbocycles. The number of benzene rings is 3. The zero-order chi connectivity index (χ0) is 19.8. The lowest BCUT2D eigenvalue weighted by molar-refractivity contribution is 0.458. The van der Waals surface area contributed by atoms with E-state index in [1.807, 2.05) is 6.92 Å². The molecule has 140 valence electrons. The number of aryl methyl sites for hydroxylation is 2. The second-order valence-corrected chi connectivity index (χ2v) is 10.1. The average molecular weight is 402 g/mol. The molecule has 27 heavy (non-hydrogen) atoms. The van der Waals surface area contributed by atoms with Crippen molar-refractivity contribution in [3.63, 3.8) is 0 Å². The van der Waals surface area contributed by atoms with E-state index in [2.05, 4.69) is 0 Å². The van der Waals surface area contributed by atoms with Gasteiger partial charge >= 0.3 is 0 Å². The minimum absolute atomic E-state index is 0.0256. The molecule has 3 rings (SSSR count). The van der Waals surface area contributed by atoms with Gasteiger partial charge in [-0.3, -0.25) is 0 Å². The molecular weight excluding hydrogens is 384 g/mol. The number of phenolic OH excluding ortho intramolecular Hbond substituents is 1. The SMILES string of the molecule is Cc1ccc(S(=O)(=O)c2cc(S(=O)(=O)c3ccccc3)ccc2O)c(C)c1. The van der Waals surface area contributed by atoms with Gasteiger partial charge in [-0.25, -0.2) is 16.8 Å². The molecule has 0 fully saturated rings. The highest BCUT2D eigenvalue weighted by atomic mass is 32.2. The van der Waals surface area contributed by atoms with Crippen molar-refractivity contribution in [2.24, 2.45) is 0 Å². The molecule has 7 heteroatoms. The Labute approximate surface area is 158 Å². The molecule has 1 N–H and O–H groups in total. The topological polar surface area (TPSA) is 88.5 Å². The molecule has 0 unspecified atom stereocenters. The van der Waals surface area contributed by atoms with E-state index in [-0.39, 0.29) is 14.7 Å². The number of sulfone groups is 2. The van der Waals surface area contributed by atoms with E-state index in [0.717, 1.165) is 17.7 Å². The van der Waals surface area contributed by atoms with E-state index >= 15 is 0 Å². The van der Waals surface area contributed by atoms with Gasteiger partial charge in [-0.1, -0.05) is 35.9 Å². The summed E-state index contributed by atoms with van der Waals surface area (Å²) in [7, 11) is -8.01. The lowest BCUT2D eigenvalue weighted by Gasteiger charge is -2.12. The zero-order valence-corrected chi connectivity index (χ0v) is 16.4. The van der Waals surface area contributed by atoms with Gasteiger partial charge in [0.25, 0.3) is 0 Å². The summed E-state index contributed by atoms with van der Waals surface area (Å²) in [6.07, 6.45) is 0. The van der Waals surface area contributed by atoms with Crippen molar-refractivity contribution < 1.29 is 21.9 Å². The smallest absolute Gasteiger partial charge is 0.210 e. The molecule has 0 radical (unpaired) electrons. The van der Waals surface area contributed by atoms with E-state index in [9.17, 15) is 21.9 Å². The third-order valence-electron chi connectivity index (χ3n) is 4.20. The van der Waals surface area contributed by atoms with Crippen LogP contribution in [0.3, 0.4) is 0 Å². The molecule has 0 aliphatic carbocycles. The van der Waals surface area contributed by atoms with Gasteiger partial charge in [-0.15, -0.1) is 0 Å². The van der Waals surface area contributed by atoms with Crippen LogP contribution in [-0.4, -0.2) is 21.9 Å². The van der Waals surface area contributed by atoms with Crippen molar-refractivity contribution in [2.45, 2.75) is 33.4 Å². The monoisotopic (exact) mass is 402 g/mol. The van der Waals surface area contributed by atoms with E-state index in [4.69, 9.17) is 0 Å². The molecular formula is C20H18O5S2. The van der Waals surface area contributed by atoms with E-state index in [1.54, 1.807) is 37.3 Å². The molecule has 5 nitrogen and oxygen atoms in total. The number of aromatic hydroxyl groups is 1. The fourth-order valence-electron chi connectivity index (χ4n) is 2.83. The normalized spacial score (nSPS) is 12.1. The number of rotatable bonds is 4. The van der Waals surface area contributed by atoms with Crippen molar-refractivity contribution in [3.8, 4) is 5.75 Å². The highest BCUT2D eigenvalue weighted by Crippen LogP contribution is 2.33. The Morgan fingerprint density at radius 2 is 1.33 bits per heavy atom. The third kappa shape index (κ3) is 3.48. The first kappa shape index (κ1) is 19.1. The summed E-state index contributed by atoms with van der Waals surface area (Å²) < 4.78 is 51.7. The Balaban J connectivity index is 2.20. The van der Waals surface area contributed by atoms with Crippen molar-refractivity contribution in [1.82, 2.24) is 0 Å². The van der Waals surface area contributed by atoms with Gasteiger partial charge in [0.15, 0.2) is 0 Å². The van der Waals surface area contributed by atoms with Crippen molar-refractivity contribution in [1.29, 1.82) is 0 Å². The summed E-state index contributed by atoms with van der Waals surface area (Å²) >= 11 is 0. The van der Waals surface area contributed by atoms with Gasteiger partial charge in [0, 0.05) is 0 Å². The maximum absolute atomic E-state index is 13.0. The van der Waals surface area contributed by atoms with Crippen molar-refractivity contribution in [2.75, 3.05) is 0 Å².